The van der Waals surface area contributed by atoms with Crippen molar-refractivity contribution in [3.63, 3.8) is 0 Å². The molecular weight excluding hydrogens is 337 g/mol. The molecule has 0 aliphatic rings. The Labute approximate surface area is 122 Å². The molecule has 0 unspecified atom stereocenters. The van der Waals surface area contributed by atoms with Crippen LogP contribution in [-0.4, -0.2) is 4.98 Å². The van der Waals surface area contributed by atoms with Crippen LogP contribution in [0.15, 0.2) is 39.6 Å². The standard InChI is InChI=1S/C13H6BrCl2NO/c14-11-7-9(12(16)17-13(11)18)4-1-8-2-5-10(15)6-3-8/h2-3,5-7H,(H,17,18). The highest BCUT2D eigenvalue weighted by molar-refractivity contribution is 9.10. The van der Waals surface area contributed by atoms with Gasteiger partial charge in [-0.3, -0.25) is 4.79 Å². The average Bonchev–Trinajstić information content (AvgIpc) is 2.34. The molecule has 0 radical (unpaired) electrons. The zero-order chi connectivity index (χ0) is 13.1. The monoisotopic (exact) mass is 341 g/mol. The predicted molar refractivity (Wildman–Crippen MR) is 77.2 cm³/mol. The molecule has 0 aliphatic heterocycles. The van der Waals surface area contributed by atoms with Crippen molar-refractivity contribution in [1.29, 1.82) is 0 Å². The molecule has 0 atom stereocenters. The molecule has 2 nitrogen and oxygen atoms in total. The molecule has 2 aromatic rings. The second-order valence-electron chi connectivity index (χ2n) is 3.43. The van der Waals surface area contributed by atoms with Gasteiger partial charge in [0.25, 0.3) is 5.56 Å². The first-order valence-electron chi connectivity index (χ1n) is 4.92. The van der Waals surface area contributed by atoms with Crippen molar-refractivity contribution in [2.45, 2.75) is 0 Å². The third-order valence-electron chi connectivity index (χ3n) is 2.13. The number of nitrogens with one attached hydrogen (secondary N) is 1. The Balaban J connectivity index is 2.38. The van der Waals surface area contributed by atoms with E-state index in [1.54, 1.807) is 18.2 Å². The quantitative estimate of drug-likeness (QED) is 0.572. The number of halogens is 3. The fourth-order valence-electron chi connectivity index (χ4n) is 1.25. The minimum absolute atomic E-state index is 0.227. The molecule has 0 saturated heterocycles. The van der Waals surface area contributed by atoms with Gasteiger partial charge < -0.3 is 4.98 Å². The Kier molecular flexibility index (Phi) is 4.13. The molecule has 1 heterocycles. The first-order valence-corrected chi connectivity index (χ1v) is 6.47. The Morgan fingerprint density at radius 1 is 1.11 bits per heavy atom. The highest BCUT2D eigenvalue weighted by Gasteiger charge is 2.02. The van der Waals surface area contributed by atoms with Crippen LogP contribution in [0.2, 0.25) is 10.2 Å². The van der Waals surface area contributed by atoms with E-state index in [0.29, 0.717) is 15.1 Å². The molecule has 1 N–H and O–H groups in total. The third kappa shape index (κ3) is 3.17. The molecule has 0 amide bonds. The van der Waals surface area contributed by atoms with Gasteiger partial charge in [0.15, 0.2) is 0 Å². The van der Waals surface area contributed by atoms with Crippen molar-refractivity contribution < 1.29 is 0 Å². The van der Waals surface area contributed by atoms with Gasteiger partial charge in [0.05, 0.1) is 10.0 Å². The highest BCUT2D eigenvalue weighted by Crippen LogP contribution is 2.14. The Morgan fingerprint density at radius 3 is 2.44 bits per heavy atom. The van der Waals surface area contributed by atoms with E-state index >= 15 is 0 Å². The summed E-state index contributed by atoms with van der Waals surface area (Å²) in [5, 5.41) is 0.884. The van der Waals surface area contributed by atoms with Crippen molar-refractivity contribution in [2.24, 2.45) is 0 Å². The second kappa shape index (κ2) is 5.62. The summed E-state index contributed by atoms with van der Waals surface area (Å²) in [6, 6.07) is 8.73. The molecule has 18 heavy (non-hydrogen) atoms. The van der Waals surface area contributed by atoms with Gasteiger partial charge in [-0.15, -0.1) is 0 Å². The maximum Gasteiger partial charge on any atom is 0.263 e. The van der Waals surface area contributed by atoms with Crippen LogP contribution in [0.4, 0.5) is 0 Å². The van der Waals surface area contributed by atoms with Crippen LogP contribution in [0.1, 0.15) is 11.1 Å². The SMILES string of the molecule is O=c1[nH]c(Cl)c(C#Cc2ccc(Cl)cc2)cc1Br. The van der Waals surface area contributed by atoms with Crippen molar-refractivity contribution in [2.75, 3.05) is 0 Å². The smallest absolute Gasteiger partial charge is 0.263 e. The molecule has 1 aromatic heterocycles. The Hall–Kier alpha value is -1.21. The van der Waals surface area contributed by atoms with Crippen LogP contribution in [-0.2, 0) is 0 Å². The summed E-state index contributed by atoms with van der Waals surface area (Å²) in [6.07, 6.45) is 0. The van der Waals surface area contributed by atoms with E-state index in [1.165, 1.54) is 0 Å². The lowest BCUT2D eigenvalue weighted by atomic mass is 10.2. The van der Waals surface area contributed by atoms with Crippen molar-refractivity contribution in [1.82, 2.24) is 4.98 Å². The molecule has 1 aromatic carbocycles. The van der Waals surface area contributed by atoms with Crippen LogP contribution >= 0.6 is 39.1 Å². The minimum atomic E-state index is -0.281. The topological polar surface area (TPSA) is 32.9 Å². The van der Waals surface area contributed by atoms with Gasteiger partial charge in [-0.05, 0) is 46.3 Å². The van der Waals surface area contributed by atoms with Crippen molar-refractivity contribution in [3.05, 3.63) is 66.5 Å². The number of rotatable bonds is 0. The molecule has 0 spiro atoms. The summed E-state index contributed by atoms with van der Waals surface area (Å²) in [5.74, 6) is 5.83. The first-order chi connectivity index (χ1) is 8.56. The number of benzene rings is 1. The Bertz CT molecular complexity index is 696. The van der Waals surface area contributed by atoms with E-state index in [9.17, 15) is 4.79 Å². The van der Waals surface area contributed by atoms with E-state index in [0.717, 1.165) is 5.56 Å². The van der Waals surface area contributed by atoms with E-state index in [-0.39, 0.29) is 10.7 Å². The van der Waals surface area contributed by atoms with Crippen LogP contribution in [0, 0.1) is 11.8 Å². The van der Waals surface area contributed by atoms with E-state index in [1.807, 2.05) is 12.1 Å². The highest BCUT2D eigenvalue weighted by atomic mass is 79.9. The molecule has 0 bridgehead atoms. The fraction of sp³-hybridized carbons (Fsp3) is 0. The van der Waals surface area contributed by atoms with Gasteiger partial charge in [-0.25, -0.2) is 0 Å². The summed E-state index contributed by atoms with van der Waals surface area (Å²) >= 11 is 14.8. The molecule has 90 valence electrons. The lowest BCUT2D eigenvalue weighted by Crippen LogP contribution is -2.07. The number of hydrogen-bond acceptors (Lipinski definition) is 1. The summed E-state index contributed by atoms with van der Waals surface area (Å²) < 4.78 is 0.396. The number of hydrogen-bond donors (Lipinski definition) is 1. The van der Waals surface area contributed by atoms with Gasteiger partial charge in [-0.1, -0.05) is 35.0 Å². The van der Waals surface area contributed by atoms with Crippen LogP contribution < -0.4 is 5.56 Å². The molecular formula is C13H6BrCl2NO. The van der Waals surface area contributed by atoms with Crippen LogP contribution in [0.5, 0.6) is 0 Å². The number of H-pyrrole nitrogens is 1. The summed E-state index contributed by atoms with van der Waals surface area (Å²) in [6.45, 7) is 0. The lowest BCUT2D eigenvalue weighted by Gasteiger charge is -1.96. The third-order valence-corrected chi connectivity index (χ3v) is 3.27. The molecule has 0 fully saturated rings. The van der Waals surface area contributed by atoms with Crippen LogP contribution in [0.25, 0.3) is 0 Å². The normalized spacial score (nSPS) is 9.72. The van der Waals surface area contributed by atoms with Gasteiger partial charge >= 0.3 is 0 Å². The molecule has 0 aliphatic carbocycles. The van der Waals surface area contributed by atoms with Gasteiger partial charge in [-0.2, -0.15) is 0 Å². The zero-order valence-electron chi connectivity index (χ0n) is 8.93. The molecule has 2 rings (SSSR count). The average molecular weight is 343 g/mol. The largest absolute Gasteiger partial charge is 0.311 e. The first kappa shape index (κ1) is 13.2. The van der Waals surface area contributed by atoms with Gasteiger partial charge in [0, 0.05) is 10.6 Å². The second-order valence-corrected chi connectivity index (χ2v) is 5.10. The maximum absolute atomic E-state index is 11.3. The fourth-order valence-corrected chi connectivity index (χ4v) is 1.89. The Morgan fingerprint density at radius 2 is 1.78 bits per heavy atom. The minimum Gasteiger partial charge on any atom is -0.311 e. The number of aromatic amines is 1. The van der Waals surface area contributed by atoms with Crippen molar-refractivity contribution >= 4 is 39.1 Å². The summed E-state index contributed by atoms with van der Waals surface area (Å²) in [7, 11) is 0. The van der Waals surface area contributed by atoms with Crippen LogP contribution in [0.3, 0.4) is 0 Å². The zero-order valence-corrected chi connectivity index (χ0v) is 12.0. The van der Waals surface area contributed by atoms with Gasteiger partial charge in [0.2, 0.25) is 0 Å². The molecule has 5 heteroatoms. The van der Waals surface area contributed by atoms with Crippen molar-refractivity contribution in [3.8, 4) is 11.8 Å². The van der Waals surface area contributed by atoms with Gasteiger partial charge in [0.1, 0.15) is 5.15 Å². The lowest BCUT2D eigenvalue weighted by molar-refractivity contribution is 1.21. The summed E-state index contributed by atoms with van der Waals surface area (Å²) in [5.41, 5.74) is 1.09. The summed E-state index contributed by atoms with van der Waals surface area (Å²) in [4.78, 5) is 13.7. The van der Waals surface area contributed by atoms with E-state index in [2.05, 4.69) is 32.8 Å². The molecule has 0 saturated carbocycles. The number of aromatic nitrogens is 1. The van der Waals surface area contributed by atoms with E-state index in [4.69, 9.17) is 23.2 Å². The predicted octanol–water partition coefficient (Wildman–Crippen LogP) is 3.84. The van der Waals surface area contributed by atoms with E-state index < -0.39 is 0 Å². The maximum atomic E-state index is 11.3. The number of pyridine rings is 1.